The average Bonchev–Trinajstić information content (AvgIpc) is 2.45. The summed E-state index contributed by atoms with van der Waals surface area (Å²) in [7, 11) is 1.72. The van der Waals surface area contributed by atoms with E-state index in [2.05, 4.69) is 29.1 Å². The Bertz CT molecular complexity index is 408. The first-order valence-electron chi connectivity index (χ1n) is 7.29. The van der Waals surface area contributed by atoms with Crippen molar-refractivity contribution < 1.29 is 9.47 Å². The number of nitrogens with one attached hydrogen (secondary N) is 1. The molecule has 1 rings (SSSR count). The van der Waals surface area contributed by atoms with E-state index in [-0.39, 0.29) is 5.60 Å². The molecule has 0 aliphatic carbocycles. The summed E-state index contributed by atoms with van der Waals surface area (Å²) in [6, 6.07) is 0. The number of anilines is 1. The minimum absolute atomic E-state index is 0.178. The smallest absolute Gasteiger partial charge is 0.221 e. The SMILES string of the molecule is CCCNc1ncnc(OCCC(C)(C)OC)c1CC. The van der Waals surface area contributed by atoms with Crippen LogP contribution in [0.3, 0.4) is 0 Å². The highest BCUT2D eigenvalue weighted by molar-refractivity contribution is 5.48. The topological polar surface area (TPSA) is 56.3 Å². The van der Waals surface area contributed by atoms with Gasteiger partial charge in [0, 0.05) is 20.1 Å². The third-order valence-corrected chi connectivity index (χ3v) is 3.30. The molecule has 1 aromatic rings. The fourth-order valence-electron chi connectivity index (χ4n) is 1.73. The zero-order valence-corrected chi connectivity index (χ0v) is 13.3. The van der Waals surface area contributed by atoms with Gasteiger partial charge >= 0.3 is 0 Å². The number of methoxy groups -OCH3 is 1. The summed E-state index contributed by atoms with van der Waals surface area (Å²) in [5, 5.41) is 3.32. The summed E-state index contributed by atoms with van der Waals surface area (Å²) in [6.07, 6.45) is 4.27. The van der Waals surface area contributed by atoms with Gasteiger partial charge in [-0.25, -0.2) is 9.97 Å². The summed E-state index contributed by atoms with van der Waals surface area (Å²) in [5.74, 6) is 1.55. The number of ether oxygens (including phenoxy) is 2. The summed E-state index contributed by atoms with van der Waals surface area (Å²) < 4.78 is 11.2. The van der Waals surface area contributed by atoms with E-state index in [1.807, 2.05) is 13.8 Å². The van der Waals surface area contributed by atoms with Crippen molar-refractivity contribution in [3.05, 3.63) is 11.9 Å². The molecule has 0 spiro atoms. The first kappa shape index (κ1) is 16.7. The van der Waals surface area contributed by atoms with Crippen molar-refractivity contribution in [2.45, 2.75) is 52.6 Å². The lowest BCUT2D eigenvalue weighted by atomic mass is 10.1. The summed E-state index contributed by atoms with van der Waals surface area (Å²) >= 11 is 0. The fraction of sp³-hybridized carbons (Fsp3) is 0.733. The van der Waals surface area contributed by atoms with Crippen molar-refractivity contribution in [2.75, 3.05) is 25.6 Å². The monoisotopic (exact) mass is 281 g/mol. The van der Waals surface area contributed by atoms with Crippen molar-refractivity contribution in [3.8, 4) is 5.88 Å². The van der Waals surface area contributed by atoms with E-state index in [9.17, 15) is 0 Å². The predicted molar refractivity (Wildman–Crippen MR) is 81.4 cm³/mol. The fourth-order valence-corrected chi connectivity index (χ4v) is 1.73. The van der Waals surface area contributed by atoms with Gasteiger partial charge in [-0.05, 0) is 26.7 Å². The predicted octanol–water partition coefficient (Wildman–Crippen LogP) is 3.05. The molecule has 114 valence electrons. The largest absolute Gasteiger partial charge is 0.477 e. The van der Waals surface area contributed by atoms with Gasteiger partial charge in [0.15, 0.2) is 0 Å². The molecule has 0 aliphatic heterocycles. The lowest BCUT2D eigenvalue weighted by molar-refractivity contribution is 0.00500. The second kappa shape index (κ2) is 8.04. The van der Waals surface area contributed by atoms with E-state index in [0.717, 1.165) is 37.2 Å². The Morgan fingerprint density at radius 3 is 2.60 bits per heavy atom. The summed E-state index contributed by atoms with van der Waals surface area (Å²) in [5.41, 5.74) is 0.860. The Morgan fingerprint density at radius 1 is 1.25 bits per heavy atom. The quantitative estimate of drug-likeness (QED) is 0.754. The second-order valence-electron chi connectivity index (χ2n) is 5.35. The second-order valence-corrected chi connectivity index (χ2v) is 5.35. The van der Waals surface area contributed by atoms with Gasteiger partial charge in [0.05, 0.1) is 17.8 Å². The first-order valence-corrected chi connectivity index (χ1v) is 7.29. The maximum absolute atomic E-state index is 5.82. The molecule has 0 radical (unpaired) electrons. The van der Waals surface area contributed by atoms with E-state index in [0.29, 0.717) is 12.5 Å². The molecular weight excluding hydrogens is 254 g/mol. The van der Waals surface area contributed by atoms with Crippen LogP contribution in [0.5, 0.6) is 5.88 Å². The van der Waals surface area contributed by atoms with Crippen LogP contribution in [-0.4, -0.2) is 35.8 Å². The highest BCUT2D eigenvalue weighted by atomic mass is 16.5. The molecular formula is C15H27N3O2. The third kappa shape index (κ3) is 4.96. The maximum atomic E-state index is 5.82. The van der Waals surface area contributed by atoms with Gasteiger partial charge < -0.3 is 14.8 Å². The first-order chi connectivity index (χ1) is 9.54. The molecule has 0 bridgehead atoms. The number of hydrogen-bond donors (Lipinski definition) is 1. The third-order valence-electron chi connectivity index (χ3n) is 3.30. The minimum atomic E-state index is -0.178. The maximum Gasteiger partial charge on any atom is 0.221 e. The Labute approximate surface area is 122 Å². The molecule has 1 aromatic heterocycles. The highest BCUT2D eigenvalue weighted by Gasteiger charge is 2.17. The Balaban J connectivity index is 2.69. The Morgan fingerprint density at radius 2 is 2.00 bits per heavy atom. The van der Waals surface area contributed by atoms with Crippen LogP contribution in [0, 0.1) is 0 Å². The molecule has 0 fully saturated rings. The molecule has 1 heterocycles. The number of rotatable bonds is 9. The lowest BCUT2D eigenvalue weighted by Crippen LogP contribution is -2.25. The van der Waals surface area contributed by atoms with Crippen LogP contribution in [0.1, 0.15) is 46.1 Å². The molecule has 0 atom stereocenters. The molecule has 5 heteroatoms. The molecule has 0 saturated carbocycles. The minimum Gasteiger partial charge on any atom is -0.477 e. The van der Waals surface area contributed by atoms with Crippen LogP contribution in [0.15, 0.2) is 6.33 Å². The molecule has 1 N–H and O–H groups in total. The van der Waals surface area contributed by atoms with Gasteiger partial charge in [0.2, 0.25) is 5.88 Å². The van der Waals surface area contributed by atoms with E-state index in [1.165, 1.54) is 0 Å². The molecule has 0 aromatic carbocycles. The molecule has 20 heavy (non-hydrogen) atoms. The Kier molecular flexibility index (Phi) is 6.71. The van der Waals surface area contributed by atoms with Crippen molar-refractivity contribution in [1.29, 1.82) is 0 Å². The zero-order valence-electron chi connectivity index (χ0n) is 13.3. The summed E-state index contributed by atoms with van der Waals surface area (Å²) in [4.78, 5) is 8.54. The molecule has 0 amide bonds. The van der Waals surface area contributed by atoms with E-state index in [4.69, 9.17) is 9.47 Å². The molecule has 0 saturated heterocycles. The Hall–Kier alpha value is -1.36. The van der Waals surface area contributed by atoms with Crippen LogP contribution >= 0.6 is 0 Å². The van der Waals surface area contributed by atoms with Gasteiger partial charge in [-0.1, -0.05) is 13.8 Å². The van der Waals surface area contributed by atoms with Crippen LogP contribution in [0.4, 0.5) is 5.82 Å². The normalized spacial score (nSPS) is 11.4. The van der Waals surface area contributed by atoms with Crippen molar-refractivity contribution in [2.24, 2.45) is 0 Å². The molecule has 5 nitrogen and oxygen atoms in total. The molecule has 0 unspecified atom stereocenters. The van der Waals surface area contributed by atoms with Crippen molar-refractivity contribution in [3.63, 3.8) is 0 Å². The van der Waals surface area contributed by atoms with Crippen LogP contribution in [0.2, 0.25) is 0 Å². The standard InChI is InChI=1S/C15H27N3O2/c1-6-9-16-13-12(7-2)14(18-11-17-13)20-10-8-15(3,4)19-5/h11H,6-10H2,1-5H3,(H,16,17,18). The van der Waals surface area contributed by atoms with Gasteiger partial charge in [-0.15, -0.1) is 0 Å². The number of aromatic nitrogens is 2. The van der Waals surface area contributed by atoms with Gasteiger partial charge in [0.25, 0.3) is 0 Å². The number of nitrogens with zero attached hydrogens (tertiary/aromatic N) is 2. The van der Waals surface area contributed by atoms with Crippen molar-refractivity contribution in [1.82, 2.24) is 9.97 Å². The number of hydrogen-bond acceptors (Lipinski definition) is 5. The van der Waals surface area contributed by atoms with Crippen molar-refractivity contribution >= 4 is 5.82 Å². The van der Waals surface area contributed by atoms with Crippen LogP contribution in [0.25, 0.3) is 0 Å². The van der Waals surface area contributed by atoms with Gasteiger partial charge in [-0.2, -0.15) is 0 Å². The van der Waals surface area contributed by atoms with Crippen LogP contribution in [-0.2, 0) is 11.2 Å². The van der Waals surface area contributed by atoms with E-state index < -0.39 is 0 Å². The zero-order chi connectivity index (χ0) is 15.0. The average molecular weight is 281 g/mol. The highest BCUT2D eigenvalue weighted by Crippen LogP contribution is 2.23. The van der Waals surface area contributed by atoms with Gasteiger partial charge in [-0.3, -0.25) is 0 Å². The van der Waals surface area contributed by atoms with Crippen LogP contribution < -0.4 is 10.1 Å². The van der Waals surface area contributed by atoms with Gasteiger partial charge in [0.1, 0.15) is 12.1 Å². The molecule has 0 aliphatic rings. The lowest BCUT2D eigenvalue weighted by Gasteiger charge is -2.23. The van der Waals surface area contributed by atoms with E-state index in [1.54, 1.807) is 13.4 Å². The summed E-state index contributed by atoms with van der Waals surface area (Å²) in [6.45, 7) is 9.79. The van der Waals surface area contributed by atoms with E-state index >= 15 is 0 Å².